The van der Waals surface area contributed by atoms with Crippen LogP contribution in [0.15, 0.2) is 56.7 Å². The Bertz CT molecular complexity index is 2730. The largest absolute Gasteiger partial charge is 0.518 e. The fourth-order valence-electron chi connectivity index (χ4n) is 11.0. The third-order valence-electron chi connectivity index (χ3n) is 13.6. The Morgan fingerprint density at radius 3 is 2.23 bits per heavy atom. The number of amides is 1. The van der Waals surface area contributed by atoms with Crippen molar-refractivity contribution in [2.24, 2.45) is 0 Å². The SMILES string of the molecule is C=COC(=O)Oc1cc2c(cc1OC)[C@@]1(CS[C@@H]3c4c(OC(C)=O)c(C)c5c(c4[C@@H](COC1=O)N1C3[C@H]3c4c(cc(C)c(OC)c4OC(=O)OC=C)C[C@@H]([C@@H]1O)N3C)OCO5)N(C(=O)OC=C)CC2. The number of aliphatic hydroxyl groups is 1. The Morgan fingerprint density at radius 2 is 1.55 bits per heavy atom. The second kappa shape index (κ2) is 18.2. The quantitative estimate of drug-likeness (QED) is 0.0860. The lowest BCUT2D eigenvalue weighted by molar-refractivity contribution is -0.188. The number of piperazine rings is 1. The molecule has 7 atom stereocenters. The van der Waals surface area contributed by atoms with Crippen molar-refractivity contribution in [1.29, 1.82) is 0 Å². The summed E-state index contributed by atoms with van der Waals surface area (Å²) in [6, 6.07) is 1.73. The molecule has 3 aromatic rings. The van der Waals surface area contributed by atoms with Crippen LogP contribution in [0.3, 0.4) is 0 Å². The first-order valence-corrected chi connectivity index (χ1v) is 22.8. The van der Waals surface area contributed by atoms with Crippen LogP contribution in [-0.2, 0) is 46.9 Å². The number of rotatable bonds is 8. The van der Waals surface area contributed by atoms with Crippen LogP contribution in [0.2, 0.25) is 0 Å². The van der Waals surface area contributed by atoms with Gasteiger partial charge in [-0.05, 0) is 68.1 Å². The van der Waals surface area contributed by atoms with Gasteiger partial charge in [-0.1, -0.05) is 25.8 Å². The van der Waals surface area contributed by atoms with Crippen LogP contribution in [0.4, 0.5) is 14.4 Å². The van der Waals surface area contributed by atoms with Crippen LogP contribution in [0, 0.1) is 13.8 Å². The highest BCUT2D eigenvalue weighted by Crippen LogP contribution is 2.65. The number of benzene rings is 3. The number of esters is 2. The molecule has 1 amide bonds. The zero-order chi connectivity index (χ0) is 49.2. The van der Waals surface area contributed by atoms with Crippen LogP contribution < -0.4 is 33.2 Å². The van der Waals surface area contributed by atoms with E-state index in [1.54, 1.807) is 6.92 Å². The van der Waals surface area contributed by atoms with Gasteiger partial charge in [0.05, 0.1) is 56.4 Å². The summed E-state index contributed by atoms with van der Waals surface area (Å²) in [7, 11) is 4.65. The van der Waals surface area contributed by atoms with E-state index in [0.29, 0.717) is 44.9 Å². The number of aliphatic hydroxyl groups excluding tert-OH is 1. The van der Waals surface area contributed by atoms with Crippen LogP contribution in [0.25, 0.3) is 0 Å². The van der Waals surface area contributed by atoms with Gasteiger partial charge in [-0.2, -0.15) is 0 Å². The van der Waals surface area contributed by atoms with Gasteiger partial charge in [-0.3, -0.25) is 19.5 Å². The van der Waals surface area contributed by atoms with Crippen LogP contribution >= 0.6 is 11.8 Å². The number of thioether (sulfide) groups is 1. The Labute approximate surface area is 400 Å². The highest BCUT2D eigenvalue weighted by molar-refractivity contribution is 7.99. The van der Waals surface area contributed by atoms with Gasteiger partial charge < -0.3 is 57.2 Å². The first-order valence-electron chi connectivity index (χ1n) is 21.8. The number of hydrogen-bond acceptors (Lipinski definition) is 20. The molecule has 364 valence electrons. The van der Waals surface area contributed by atoms with E-state index in [1.807, 2.05) is 29.8 Å². The van der Waals surface area contributed by atoms with Crippen molar-refractivity contribution in [2.45, 2.75) is 74.8 Å². The number of likely N-dealkylation sites (N-methyl/N-ethyl adjacent to an activating group) is 1. The number of carbonyl (C=O) groups excluding carboxylic acids is 5. The molecule has 20 nitrogen and oxygen atoms in total. The zero-order valence-electron chi connectivity index (χ0n) is 38.5. The number of ether oxygens (including phenoxy) is 11. The van der Waals surface area contributed by atoms with Crippen molar-refractivity contribution in [3.05, 3.63) is 101 Å². The average molecular weight is 972 g/mol. The Kier molecular flexibility index (Phi) is 12.4. The summed E-state index contributed by atoms with van der Waals surface area (Å²) in [5, 5.41) is 12.0. The van der Waals surface area contributed by atoms with Gasteiger partial charge in [0.2, 0.25) is 6.79 Å². The predicted octanol–water partition coefficient (Wildman–Crippen LogP) is 6.31. The normalized spacial score (nSPS) is 25.0. The number of nitrogens with zero attached hydrogens (tertiary/aromatic N) is 3. The zero-order valence-corrected chi connectivity index (χ0v) is 39.3. The molecule has 10 rings (SSSR count). The van der Waals surface area contributed by atoms with Gasteiger partial charge in [0.25, 0.3) is 0 Å². The number of methoxy groups -OCH3 is 2. The minimum absolute atomic E-state index is 0.00937. The fourth-order valence-corrected chi connectivity index (χ4v) is 12.7. The van der Waals surface area contributed by atoms with Crippen molar-refractivity contribution in [3.8, 4) is 40.2 Å². The molecule has 69 heavy (non-hydrogen) atoms. The van der Waals surface area contributed by atoms with Crippen molar-refractivity contribution >= 4 is 42.1 Å². The van der Waals surface area contributed by atoms with E-state index in [9.17, 15) is 24.3 Å². The summed E-state index contributed by atoms with van der Waals surface area (Å²) >= 11 is 1.22. The second-order valence-electron chi connectivity index (χ2n) is 16.9. The number of carbonyl (C=O) groups is 5. The monoisotopic (exact) mass is 971 g/mol. The molecule has 2 saturated heterocycles. The predicted molar refractivity (Wildman–Crippen MR) is 241 cm³/mol. The molecule has 21 heteroatoms. The summed E-state index contributed by atoms with van der Waals surface area (Å²) < 4.78 is 63.4. The maximum absolute atomic E-state index is 15.5. The Morgan fingerprint density at radius 1 is 0.841 bits per heavy atom. The van der Waals surface area contributed by atoms with Crippen LogP contribution in [0.1, 0.15) is 68.8 Å². The fraction of sp³-hybridized carbons (Fsp3) is 0.396. The lowest BCUT2D eigenvalue weighted by atomic mass is 9.73. The molecule has 7 heterocycles. The maximum Gasteiger partial charge on any atom is 0.518 e. The van der Waals surface area contributed by atoms with E-state index in [1.165, 1.54) is 49.9 Å². The van der Waals surface area contributed by atoms with Gasteiger partial charge in [-0.25, -0.2) is 19.2 Å². The van der Waals surface area contributed by atoms with Gasteiger partial charge >= 0.3 is 30.3 Å². The van der Waals surface area contributed by atoms with E-state index >= 15 is 4.79 Å². The average Bonchev–Trinajstić information content (AvgIpc) is 3.80. The summed E-state index contributed by atoms with van der Waals surface area (Å²) in [6.07, 6.45) is -1.08. The first kappa shape index (κ1) is 47.1. The number of hydrogen-bond donors (Lipinski definition) is 1. The molecule has 0 aromatic heterocycles. The van der Waals surface area contributed by atoms with E-state index in [4.69, 9.17) is 52.1 Å². The molecule has 0 radical (unpaired) electrons. The highest BCUT2D eigenvalue weighted by Gasteiger charge is 2.63. The summed E-state index contributed by atoms with van der Waals surface area (Å²) in [6.45, 7) is 14.6. The molecule has 1 N–H and O–H groups in total. The Hall–Kier alpha value is -6.94. The van der Waals surface area contributed by atoms with Gasteiger partial charge in [0, 0.05) is 47.5 Å². The summed E-state index contributed by atoms with van der Waals surface area (Å²) in [5.41, 5.74) is 2.10. The third-order valence-corrected chi connectivity index (χ3v) is 15.0. The van der Waals surface area contributed by atoms with Crippen LogP contribution in [0.5, 0.6) is 40.2 Å². The van der Waals surface area contributed by atoms with Gasteiger partial charge in [0.15, 0.2) is 40.0 Å². The van der Waals surface area contributed by atoms with E-state index in [-0.39, 0.29) is 66.2 Å². The lowest BCUT2D eigenvalue weighted by Crippen LogP contribution is -2.70. The van der Waals surface area contributed by atoms with Gasteiger partial charge in [-0.15, -0.1) is 11.8 Å². The highest BCUT2D eigenvalue weighted by atomic mass is 32.2. The topological polar surface area (TPSA) is 217 Å². The Balaban J connectivity index is 1.33. The van der Waals surface area contributed by atoms with E-state index in [2.05, 4.69) is 19.7 Å². The molecular formula is C48H49N3O17S. The van der Waals surface area contributed by atoms with E-state index < -0.39 is 78.1 Å². The molecule has 1 unspecified atom stereocenters. The molecule has 0 saturated carbocycles. The lowest BCUT2D eigenvalue weighted by Gasteiger charge is -2.62. The maximum atomic E-state index is 15.5. The molecule has 7 aliphatic rings. The van der Waals surface area contributed by atoms with Crippen LogP contribution in [-0.4, -0.2) is 115 Å². The van der Waals surface area contributed by atoms with Crippen molar-refractivity contribution in [2.75, 3.05) is 47.0 Å². The van der Waals surface area contributed by atoms with Gasteiger partial charge in [0.1, 0.15) is 18.6 Å². The summed E-state index contributed by atoms with van der Waals surface area (Å²) in [5.74, 6) is -0.674. The molecule has 2 fully saturated rings. The minimum Gasteiger partial charge on any atom is -0.493 e. The minimum atomic E-state index is -2.00. The summed E-state index contributed by atoms with van der Waals surface area (Å²) in [4.78, 5) is 74.0. The molecule has 4 bridgehead atoms. The third kappa shape index (κ3) is 7.36. The first-order chi connectivity index (χ1) is 33.1. The molecule has 3 aromatic carbocycles. The number of fused-ring (bicyclic) bond motifs is 9. The van der Waals surface area contributed by atoms with E-state index in [0.717, 1.165) is 24.3 Å². The van der Waals surface area contributed by atoms with Crippen molar-refractivity contribution in [1.82, 2.24) is 14.7 Å². The molecule has 1 spiro atoms. The number of aryl methyl sites for hydroxylation is 1. The van der Waals surface area contributed by atoms with Crippen molar-refractivity contribution < 1.29 is 81.2 Å². The molecular weight excluding hydrogens is 923 g/mol. The molecule has 0 aliphatic carbocycles. The smallest absolute Gasteiger partial charge is 0.493 e. The second-order valence-corrected chi connectivity index (χ2v) is 18.0. The molecule has 7 aliphatic heterocycles. The standard InChI is InChI=1S/C48H49N3O17S/c1-10-60-45(55)50-14-13-25-17-31(67-46(56)61-11-2)30(58-8)18-27(25)48(50)20-69-42-34-33(40-39(64-21-65-40)23(5)38(34)66-24(6)52)29(19-63-44(48)54)51-36(42)35-32-26(16-28(43(51)53)49(35)7)15-22(4)37(59-9)41(32)68-47(57)62-12-3/h10-12,15,17-18,28-29,35-36,42-43,53H,1-3,13-14,16,19-21H2,4-9H3/t28-,29+,35+,36?,42+,43-,48+/m0/s1. The van der Waals surface area contributed by atoms with Crippen molar-refractivity contribution in [3.63, 3.8) is 0 Å².